The lowest BCUT2D eigenvalue weighted by atomic mass is 10.2. The number of para-hydroxylation sites is 1. The summed E-state index contributed by atoms with van der Waals surface area (Å²) < 4.78 is 34.8. The van der Waals surface area contributed by atoms with Crippen molar-refractivity contribution >= 4 is 48.9 Å². The fourth-order valence-electron chi connectivity index (χ4n) is 3.65. The van der Waals surface area contributed by atoms with Gasteiger partial charge in [-0.1, -0.05) is 29.5 Å². The Hall–Kier alpha value is -4.03. The molecule has 0 spiro atoms. The Kier molecular flexibility index (Phi) is 6.91. The van der Waals surface area contributed by atoms with E-state index in [0.717, 1.165) is 11.3 Å². The molecule has 0 unspecified atom stereocenters. The summed E-state index contributed by atoms with van der Waals surface area (Å²) >= 11 is 1.13. The first-order valence-electron chi connectivity index (χ1n) is 10.8. The maximum atomic E-state index is 13.0. The van der Waals surface area contributed by atoms with E-state index in [1.807, 2.05) is 6.92 Å². The molecule has 0 aliphatic carbocycles. The Morgan fingerprint density at radius 3 is 2.39 bits per heavy atom. The highest BCUT2D eigenvalue weighted by Gasteiger charge is 2.22. The van der Waals surface area contributed by atoms with E-state index in [-0.39, 0.29) is 16.1 Å². The van der Waals surface area contributed by atoms with Crippen molar-refractivity contribution in [2.75, 3.05) is 18.5 Å². The number of benzene rings is 3. The first-order valence-corrected chi connectivity index (χ1v) is 13.0. The Morgan fingerprint density at radius 2 is 1.81 bits per heavy atom. The van der Waals surface area contributed by atoms with Crippen LogP contribution in [0.5, 0.6) is 5.75 Å². The number of aromatic nitrogens is 1. The molecule has 0 fully saturated rings. The number of carbonyl (C=O) groups excluding carboxylic acids is 1. The van der Waals surface area contributed by atoms with E-state index in [0.29, 0.717) is 33.0 Å². The van der Waals surface area contributed by atoms with Gasteiger partial charge >= 0.3 is 0 Å². The third-order valence-electron chi connectivity index (χ3n) is 5.55. The summed E-state index contributed by atoms with van der Waals surface area (Å²) in [4.78, 5) is 28.3. The van der Waals surface area contributed by atoms with Gasteiger partial charge < -0.3 is 9.30 Å². The molecule has 0 bridgehead atoms. The van der Waals surface area contributed by atoms with Crippen LogP contribution in [0.1, 0.15) is 17.3 Å². The Balaban J connectivity index is 1.70. The quantitative estimate of drug-likeness (QED) is 0.263. The number of hydrogen-bond donors (Lipinski definition) is 0. The predicted octanol–water partition coefficient (Wildman–Crippen LogP) is 4.21. The largest absolute Gasteiger partial charge is 0.494 e. The molecule has 0 radical (unpaired) electrons. The zero-order chi connectivity index (χ0) is 26.0. The number of sulfonamides is 1. The maximum Gasteiger partial charge on any atom is 0.279 e. The van der Waals surface area contributed by atoms with Gasteiger partial charge in [0.1, 0.15) is 5.52 Å². The molecule has 0 atom stereocenters. The van der Waals surface area contributed by atoms with E-state index >= 15 is 0 Å². The van der Waals surface area contributed by atoms with Gasteiger partial charge in [0.05, 0.1) is 33.4 Å². The van der Waals surface area contributed by atoms with Crippen molar-refractivity contribution in [2.45, 2.75) is 18.4 Å². The number of nitro benzene ring substituents is 1. The van der Waals surface area contributed by atoms with Crippen LogP contribution in [-0.2, 0) is 16.6 Å². The van der Waals surface area contributed by atoms with Crippen LogP contribution in [0.2, 0.25) is 0 Å². The molecule has 4 rings (SSSR count). The van der Waals surface area contributed by atoms with Crippen LogP contribution in [0, 0.1) is 10.1 Å². The first kappa shape index (κ1) is 25.1. The number of carbonyl (C=O) groups is 1. The van der Waals surface area contributed by atoms with Gasteiger partial charge in [0.25, 0.3) is 21.6 Å². The summed E-state index contributed by atoms with van der Waals surface area (Å²) in [5.41, 5.74) is 1.19. The van der Waals surface area contributed by atoms with Gasteiger partial charge in [-0.2, -0.15) is 4.99 Å². The second-order valence-electron chi connectivity index (χ2n) is 7.63. The van der Waals surface area contributed by atoms with Gasteiger partial charge in [0.2, 0.25) is 0 Å². The van der Waals surface area contributed by atoms with Crippen molar-refractivity contribution in [3.8, 4) is 5.75 Å². The van der Waals surface area contributed by atoms with Crippen LogP contribution in [0.3, 0.4) is 0 Å². The fourth-order valence-corrected chi connectivity index (χ4v) is 5.99. The van der Waals surface area contributed by atoms with Gasteiger partial charge in [0.15, 0.2) is 10.6 Å². The van der Waals surface area contributed by atoms with Crippen LogP contribution in [-0.4, -0.2) is 38.0 Å². The molecule has 12 heteroatoms. The molecule has 3 aromatic carbocycles. The van der Waals surface area contributed by atoms with Crippen molar-refractivity contribution in [3.63, 3.8) is 0 Å². The van der Waals surface area contributed by atoms with E-state index in [4.69, 9.17) is 4.74 Å². The van der Waals surface area contributed by atoms with Crippen LogP contribution >= 0.6 is 11.3 Å². The minimum Gasteiger partial charge on any atom is -0.494 e. The highest BCUT2D eigenvalue weighted by molar-refractivity contribution is 7.92. The first-order chi connectivity index (χ1) is 17.2. The third-order valence-corrected chi connectivity index (χ3v) is 8.38. The Morgan fingerprint density at radius 1 is 1.14 bits per heavy atom. The lowest BCUT2D eigenvalue weighted by Gasteiger charge is -2.19. The molecule has 1 aromatic heterocycles. The number of methoxy groups -OCH3 is 1. The predicted molar refractivity (Wildman–Crippen MR) is 137 cm³/mol. The van der Waals surface area contributed by atoms with Gasteiger partial charge in [-0.25, -0.2) is 8.42 Å². The molecular formula is C24H22N4O6S2. The Bertz CT molecular complexity index is 1630. The third kappa shape index (κ3) is 4.60. The van der Waals surface area contributed by atoms with Crippen molar-refractivity contribution in [1.29, 1.82) is 0 Å². The molecule has 4 aromatic rings. The van der Waals surface area contributed by atoms with Crippen LogP contribution < -0.4 is 13.8 Å². The summed E-state index contributed by atoms with van der Waals surface area (Å²) in [5.74, 6) is -0.263. The second kappa shape index (κ2) is 9.91. The minimum atomic E-state index is -3.82. The van der Waals surface area contributed by atoms with Crippen molar-refractivity contribution in [1.82, 2.24) is 4.57 Å². The molecule has 1 amide bonds. The smallest absolute Gasteiger partial charge is 0.279 e. The highest BCUT2D eigenvalue weighted by Crippen LogP contribution is 2.32. The number of nitrogens with zero attached hydrogens (tertiary/aromatic N) is 4. The summed E-state index contributed by atoms with van der Waals surface area (Å²) in [6.07, 6.45) is 0. The van der Waals surface area contributed by atoms with E-state index in [9.17, 15) is 23.3 Å². The van der Waals surface area contributed by atoms with E-state index in [1.54, 1.807) is 34.9 Å². The molecule has 0 aliphatic heterocycles. The number of non-ortho nitro benzene ring substituents is 1. The van der Waals surface area contributed by atoms with Crippen LogP contribution in [0.15, 0.2) is 76.6 Å². The number of aryl methyl sites for hydroxylation is 1. The normalized spacial score (nSPS) is 12.0. The van der Waals surface area contributed by atoms with Crippen LogP contribution in [0.25, 0.3) is 10.2 Å². The van der Waals surface area contributed by atoms with Gasteiger partial charge in [0, 0.05) is 25.2 Å². The van der Waals surface area contributed by atoms with E-state index in [2.05, 4.69) is 4.99 Å². The fraction of sp³-hybridized carbons (Fsp3) is 0.167. The van der Waals surface area contributed by atoms with E-state index in [1.165, 1.54) is 54.9 Å². The van der Waals surface area contributed by atoms with Crippen molar-refractivity contribution < 1.29 is 22.9 Å². The zero-order valence-corrected chi connectivity index (χ0v) is 21.2. The maximum absolute atomic E-state index is 13.0. The number of anilines is 1. The molecule has 10 nitrogen and oxygen atoms in total. The summed E-state index contributed by atoms with van der Waals surface area (Å²) in [6.45, 7) is 2.31. The zero-order valence-electron chi connectivity index (χ0n) is 19.6. The topological polar surface area (TPSA) is 124 Å². The molecule has 0 N–H and O–H groups in total. The molecular weight excluding hydrogens is 504 g/mol. The summed E-state index contributed by atoms with van der Waals surface area (Å²) in [5, 5.41) is 11.3. The lowest BCUT2D eigenvalue weighted by molar-refractivity contribution is -0.384. The van der Waals surface area contributed by atoms with Gasteiger partial charge in [-0.05, 0) is 43.3 Å². The minimum absolute atomic E-state index is 0.0351. The van der Waals surface area contributed by atoms with Gasteiger partial charge in [-0.3, -0.25) is 19.2 Å². The SMILES string of the molecule is CCn1c(=NC(=O)c2ccc(S(=O)(=O)N(C)c3ccccc3)cc2)sc2cc([N+](=O)[O-])cc(OC)c21. The Labute approximate surface area is 210 Å². The molecule has 36 heavy (non-hydrogen) atoms. The average Bonchev–Trinajstić information content (AvgIpc) is 3.24. The molecule has 0 aliphatic rings. The molecule has 0 saturated heterocycles. The number of hydrogen-bond acceptors (Lipinski definition) is 7. The monoisotopic (exact) mass is 526 g/mol. The highest BCUT2D eigenvalue weighted by atomic mass is 32.2. The summed E-state index contributed by atoms with van der Waals surface area (Å²) in [7, 11) is -0.939. The van der Waals surface area contributed by atoms with E-state index < -0.39 is 20.9 Å². The van der Waals surface area contributed by atoms with Gasteiger partial charge in [-0.15, -0.1) is 0 Å². The number of nitro groups is 1. The number of ether oxygens (including phenoxy) is 1. The van der Waals surface area contributed by atoms with Crippen molar-refractivity contribution in [2.24, 2.45) is 4.99 Å². The molecule has 186 valence electrons. The lowest BCUT2D eigenvalue weighted by Crippen LogP contribution is -2.26. The number of fused-ring (bicyclic) bond motifs is 1. The average molecular weight is 527 g/mol. The standard InChI is InChI=1S/C24H22N4O6S2/c1-4-27-22-20(34-3)14-18(28(30)31)15-21(22)35-24(27)25-23(29)16-10-12-19(13-11-16)36(32,33)26(2)17-8-6-5-7-9-17/h5-15H,4H2,1-3H3. The number of rotatable bonds is 7. The second-order valence-corrected chi connectivity index (χ2v) is 10.6. The summed E-state index contributed by atoms with van der Waals surface area (Å²) in [6, 6.07) is 17.0. The molecule has 1 heterocycles. The number of thiazole rings is 1. The van der Waals surface area contributed by atoms with Crippen molar-refractivity contribution in [3.05, 3.63) is 87.2 Å². The number of amides is 1. The van der Waals surface area contributed by atoms with Crippen LogP contribution in [0.4, 0.5) is 11.4 Å². The molecule has 0 saturated carbocycles.